The lowest BCUT2D eigenvalue weighted by molar-refractivity contribution is 0.156. The minimum absolute atomic E-state index is 0.114. The van der Waals surface area contributed by atoms with Crippen molar-refractivity contribution in [3.8, 4) is 5.75 Å². The number of carbonyl (C=O) groups excluding carboxylic acids is 1. The second-order valence-electron chi connectivity index (χ2n) is 8.13. The summed E-state index contributed by atoms with van der Waals surface area (Å²) in [4.78, 5) is 11.1. The lowest BCUT2D eigenvalue weighted by Crippen LogP contribution is -2.36. The second kappa shape index (κ2) is 8.95. The standard InChI is InChI=1S/C24H25ClO3Si/c1-23(2,3)29-28-24(18-10-6-4-7-11-18,19-12-8-5-9-13-19)20-14-16-21(17-15-20)27-22(25)26/h4-17H,29H2,1-3H3. The van der Waals surface area contributed by atoms with Crippen LogP contribution in [0.1, 0.15) is 37.5 Å². The molecule has 3 nitrogen and oxygen atoms in total. The number of benzene rings is 3. The average molecular weight is 425 g/mol. The van der Waals surface area contributed by atoms with E-state index in [9.17, 15) is 4.79 Å². The van der Waals surface area contributed by atoms with Gasteiger partial charge in [-0.05, 0) is 33.9 Å². The summed E-state index contributed by atoms with van der Waals surface area (Å²) in [6.07, 6.45) is 0. The van der Waals surface area contributed by atoms with Gasteiger partial charge in [0, 0.05) is 11.6 Å². The lowest BCUT2D eigenvalue weighted by atomic mass is 9.80. The summed E-state index contributed by atoms with van der Waals surface area (Å²) in [5, 5.41) is 0.114. The van der Waals surface area contributed by atoms with E-state index in [-0.39, 0.29) is 5.04 Å². The molecular formula is C24H25ClO3Si. The van der Waals surface area contributed by atoms with Gasteiger partial charge in [0.1, 0.15) is 11.4 Å². The van der Waals surface area contributed by atoms with Gasteiger partial charge in [0.2, 0.25) is 0 Å². The van der Waals surface area contributed by atoms with Crippen LogP contribution >= 0.6 is 11.6 Å². The van der Waals surface area contributed by atoms with Crippen molar-refractivity contribution >= 4 is 26.8 Å². The molecule has 0 amide bonds. The third kappa shape index (κ3) is 5.15. The third-order valence-electron chi connectivity index (χ3n) is 4.54. The van der Waals surface area contributed by atoms with Crippen LogP contribution in [-0.4, -0.2) is 15.2 Å². The van der Waals surface area contributed by atoms with Crippen molar-refractivity contribution in [2.75, 3.05) is 0 Å². The molecular weight excluding hydrogens is 400 g/mol. The maximum absolute atomic E-state index is 11.1. The summed E-state index contributed by atoms with van der Waals surface area (Å²) in [5.41, 5.74) is 1.49. The van der Waals surface area contributed by atoms with Gasteiger partial charge in [0.15, 0.2) is 9.76 Å². The monoisotopic (exact) mass is 424 g/mol. The van der Waals surface area contributed by atoms with E-state index < -0.39 is 20.8 Å². The Morgan fingerprint density at radius 2 is 1.21 bits per heavy atom. The highest BCUT2D eigenvalue weighted by Gasteiger charge is 2.38. The number of ether oxygens (including phenoxy) is 1. The van der Waals surface area contributed by atoms with Crippen molar-refractivity contribution < 1.29 is 14.0 Å². The molecule has 3 aromatic carbocycles. The number of hydrogen-bond donors (Lipinski definition) is 0. The highest BCUT2D eigenvalue weighted by molar-refractivity contribution is 6.61. The van der Waals surface area contributed by atoms with Gasteiger partial charge in [0.25, 0.3) is 0 Å². The van der Waals surface area contributed by atoms with Crippen molar-refractivity contribution in [3.63, 3.8) is 0 Å². The van der Waals surface area contributed by atoms with E-state index in [2.05, 4.69) is 45.0 Å². The van der Waals surface area contributed by atoms with E-state index in [0.29, 0.717) is 5.75 Å². The molecule has 0 spiro atoms. The summed E-state index contributed by atoms with van der Waals surface area (Å²) in [7, 11) is -0.920. The maximum Gasteiger partial charge on any atom is 0.409 e. The molecule has 0 aromatic heterocycles. The van der Waals surface area contributed by atoms with Gasteiger partial charge in [-0.3, -0.25) is 0 Å². The zero-order chi connectivity index (χ0) is 20.9. The van der Waals surface area contributed by atoms with Gasteiger partial charge < -0.3 is 9.16 Å². The Labute approximate surface area is 179 Å². The van der Waals surface area contributed by atoms with Gasteiger partial charge >= 0.3 is 5.43 Å². The lowest BCUT2D eigenvalue weighted by Gasteiger charge is -2.38. The van der Waals surface area contributed by atoms with Gasteiger partial charge in [0.05, 0.1) is 0 Å². The third-order valence-corrected chi connectivity index (χ3v) is 6.06. The second-order valence-corrected chi connectivity index (χ2v) is 11.1. The molecule has 0 aliphatic rings. The Balaban J connectivity index is 2.19. The molecule has 0 saturated heterocycles. The Morgan fingerprint density at radius 3 is 1.62 bits per heavy atom. The molecule has 5 heteroatoms. The van der Waals surface area contributed by atoms with Crippen LogP contribution in [-0.2, 0) is 10.0 Å². The van der Waals surface area contributed by atoms with Crippen LogP contribution in [0.15, 0.2) is 84.9 Å². The summed E-state index contributed by atoms with van der Waals surface area (Å²) >= 11 is 5.35. The van der Waals surface area contributed by atoms with Crippen molar-refractivity contribution in [3.05, 3.63) is 102 Å². The zero-order valence-electron chi connectivity index (χ0n) is 16.9. The summed E-state index contributed by atoms with van der Waals surface area (Å²) in [5.74, 6) is 0.400. The Hall–Kier alpha value is -2.40. The number of halogens is 1. The predicted molar refractivity (Wildman–Crippen MR) is 120 cm³/mol. The quantitative estimate of drug-likeness (QED) is 0.275. The highest BCUT2D eigenvalue weighted by Crippen LogP contribution is 2.42. The maximum atomic E-state index is 11.1. The number of rotatable bonds is 6. The summed E-state index contributed by atoms with van der Waals surface area (Å²) < 4.78 is 11.9. The number of hydrogen-bond acceptors (Lipinski definition) is 3. The van der Waals surface area contributed by atoms with Gasteiger partial charge in [-0.15, -0.1) is 0 Å². The molecule has 0 heterocycles. The Bertz CT molecular complexity index is 896. The van der Waals surface area contributed by atoms with Crippen LogP contribution in [0, 0.1) is 0 Å². The molecule has 0 radical (unpaired) electrons. The van der Waals surface area contributed by atoms with Crippen molar-refractivity contribution in [2.24, 2.45) is 0 Å². The van der Waals surface area contributed by atoms with Crippen LogP contribution < -0.4 is 4.74 Å². The van der Waals surface area contributed by atoms with Gasteiger partial charge in [-0.1, -0.05) is 93.6 Å². The minimum Gasteiger partial charge on any atom is -0.415 e. The molecule has 3 rings (SSSR count). The fraction of sp³-hybridized carbons (Fsp3) is 0.208. The molecule has 0 fully saturated rings. The van der Waals surface area contributed by atoms with E-state index in [1.54, 1.807) is 12.1 Å². The highest BCUT2D eigenvalue weighted by atomic mass is 35.5. The van der Waals surface area contributed by atoms with E-state index in [4.69, 9.17) is 20.8 Å². The molecule has 0 aliphatic carbocycles. The molecule has 0 atom stereocenters. The molecule has 0 saturated carbocycles. The van der Waals surface area contributed by atoms with Crippen LogP contribution in [0.4, 0.5) is 4.79 Å². The van der Waals surface area contributed by atoms with E-state index in [1.165, 1.54) is 0 Å². The zero-order valence-corrected chi connectivity index (χ0v) is 19.1. The molecule has 0 N–H and O–H groups in total. The Morgan fingerprint density at radius 1 is 0.759 bits per heavy atom. The van der Waals surface area contributed by atoms with E-state index >= 15 is 0 Å². The van der Waals surface area contributed by atoms with Crippen LogP contribution in [0.25, 0.3) is 0 Å². The molecule has 150 valence electrons. The van der Waals surface area contributed by atoms with Gasteiger partial charge in [-0.2, -0.15) is 0 Å². The first-order valence-electron chi connectivity index (χ1n) is 9.54. The first-order chi connectivity index (χ1) is 13.8. The molecule has 29 heavy (non-hydrogen) atoms. The van der Waals surface area contributed by atoms with E-state index in [1.807, 2.05) is 48.5 Å². The average Bonchev–Trinajstić information content (AvgIpc) is 2.70. The molecule has 3 aromatic rings. The van der Waals surface area contributed by atoms with Crippen molar-refractivity contribution in [2.45, 2.75) is 31.4 Å². The molecule has 0 aliphatic heterocycles. The summed E-state index contributed by atoms with van der Waals surface area (Å²) in [6.45, 7) is 6.63. The van der Waals surface area contributed by atoms with Crippen molar-refractivity contribution in [1.82, 2.24) is 0 Å². The fourth-order valence-electron chi connectivity index (χ4n) is 3.27. The minimum atomic E-state index is -0.920. The van der Waals surface area contributed by atoms with Crippen molar-refractivity contribution in [1.29, 1.82) is 0 Å². The van der Waals surface area contributed by atoms with Gasteiger partial charge in [-0.25, -0.2) is 4.79 Å². The SMILES string of the molecule is CC(C)(C)[SiH2]OC(c1ccccc1)(c1ccccc1)c1ccc(OC(=O)Cl)cc1. The Kier molecular flexibility index (Phi) is 6.58. The first kappa shape index (κ1) is 21.3. The predicted octanol–water partition coefficient (Wildman–Crippen LogP) is 6.03. The topological polar surface area (TPSA) is 35.5 Å². The molecule has 0 bridgehead atoms. The smallest absolute Gasteiger partial charge is 0.409 e. The normalized spacial score (nSPS) is 12.3. The van der Waals surface area contributed by atoms with Crippen LogP contribution in [0.2, 0.25) is 5.04 Å². The largest absolute Gasteiger partial charge is 0.415 e. The first-order valence-corrected chi connectivity index (χ1v) is 11.2. The van der Waals surface area contributed by atoms with Crippen LogP contribution in [0.5, 0.6) is 5.75 Å². The number of carbonyl (C=O) groups is 1. The summed E-state index contributed by atoms with van der Waals surface area (Å²) in [6, 6.07) is 27.9. The molecule has 0 unspecified atom stereocenters. The van der Waals surface area contributed by atoms with E-state index in [0.717, 1.165) is 16.7 Å². The van der Waals surface area contributed by atoms with Crippen LogP contribution in [0.3, 0.4) is 0 Å². The fourth-order valence-corrected chi connectivity index (χ4v) is 4.51.